The Balaban J connectivity index is 1.42. The number of benzene rings is 1. The molecule has 0 aliphatic carbocycles. The van der Waals surface area contributed by atoms with Crippen molar-refractivity contribution >= 4 is 23.0 Å². The molecule has 1 aliphatic rings. The molecule has 1 aliphatic heterocycles. The van der Waals surface area contributed by atoms with Crippen molar-refractivity contribution in [3.8, 4) is 5.75 Å². The molecule has 4 rings (SSSR count). The molecule has 1 aromatic carbocycles. The van der Waals surface area contributed by atoms with Crippen LogP contribution in [0.2, 0.25) is 0 Å². The van der Waals surface area contributed by atoms with Crippen molar-refractivity contribution in [2.24, 2.45) is 0 Å². The number of aryl methyl sites for hydroxylation is 2. The van der Waals surface area contributed by atoms with Gasteiger partial charge in [-0.2, -0.15) is 0 Å². The molecule has 144 valence electrons. The van der Waals surface area contributed by atoms with Crippen LogP contribution in [0.4, 0.5) is 4.79 Å². The van der Waals surface area contributed by atoms with Crippen LogP contribution in [-0.2, 0) is 0 Å². The van der Waals surface area contributed by atoms with Gasteiger partial charge in [0.15, 0.2) is 11.5 Å². The molecule has 2 amide bonds. The van der Waals surface area contributed by atoms with Crippen molar-refractivity contribution in [3.05, 3.63) is 59.6 Å². The predicted octanol–water partition coefficient (Wildman–Crippen LogP) is 3.40. The quantitative estimate of drug-likeness (QED) is 0.682. The van der Waals surface area contributed by atoms with Gasteiger partial charge in [0.05, 0.1) is 6.20 Å². The van der Waals surface area contributed by atoms with E-state index in [4.69, 9.17) is 9.15 Å². The number of para-hydroxylation sites is 1. The number of pyridine rings is 1. The number of amides is 2. The molecule has 2 aromatic heterocycles. The Morgan fingerprint density at radius 1 is 1.04 bits per heavy atom. The fraction of sp³-hybridized carbons (Fsp3) is 0.286. The van der Waals surface area contributed by atoms with Gasteiger partial charge in [0.1, 0.15) is 5.58 Å². The molecule has 7 heteroatoms. The Morgan fingerprint density at radius 3 is 2.46 bits per heavy atom. The van der Waals surface area contributed by atoms with Gasteiger partial charge in [0, 0.05) is 43.3 Å². The third-order valence-electron chi connectivity index (χ3n) is 5.02. The summed E-state index contributed by atoms with van der Waals surface area (Å²) in [6, 6.07) is 9.27. The molecule has 0 N–H and O–H groups in total. The summed E-state index contributed by atoms with van der Waals surface area (Å²) in [5.74, 6) is 0.628. The normalized spacial score (nSPS) is 14.4. The molecule has 1 saturated heterocycles. The zero-order chi connectivity index (χ0) is 19.7. The first kappa shape index (κ1) is 18.0. The molecule has 1 fully saturated rings. The average Bonchev–Trinajstić information content (AvgIpc) is 3.06. The summed E-state index contributed by atoms with van der Waals surface area (Å²) >= 11 is 0. The molecule has 0 bridgehead atoms. The van der Waals surface area contributed by atoms with Crippen LogP contribution in [0, 0.1) is 13.8 Å². The minimum atomic E-state index is -0.435. The fourth-order valence-electron chi connectivity index (χ4n) is 3.40. The number of fused-ring (bicyclic) bond motifs is 1. The van der Waals surface area contributed by atoms with E-state index in [0.29, 0.717) is 37.7 Å². The number of furan rings is 1. The molecule has 0 spiro atoms. The number of piperazine rings is 1. The highest BCUT2D eigenvalue weighted by Crippen LogP contribution is 2.28. The van der Waals surface area contributed by atoms with E-state index in [1.807, 2.05) is 32.0 Å². The molecular weight excluding hydrogens is 358 g/mol. The number of ether oxygens (including phenoxy) is 1. The van der Waals surface area contributed by atoms with Gasteiger partial charge >= 0.3 is 6.09 Å². The van der Waals surface area contributed by atoms with Crippen LogP contribution in [0.15, 0.2) is 47.1 Å². The second kappa shape index (κ2) is 7.34. The van der Waals surface area contributed by atoms with E-state index in [-0.39, 0.29) is 5.91 Å². The van der Waals surface area contributed by atoms with Crippen molar-refractivity contribution in [1.82, 2.24) is 14.8 Å². The summed E-state index contributed by atoms with van der Waals surface area (Å²) in [5, 5.41) is 0.960. The molecule has 3 aromatic rings. The molecule has 28 heavy (non-hydrogen) atoms. The third-order valence-corrected chi connectivity index (χ3v) is 5.02. The highest BCUT2D eigenvalue weighted by Gasteiger charge is 2.29. The Bertz CT molecular complexity index is 1020. The highest BCUT2D eigenvalue weighted by atomic mass is 16.6. The number of rotatable bonds is 2. The van der Waals surface area contributed by atoms with E-state index in [9.17, 15) is 9.59 Å². The molecule has 0 saturated carbocycles. The van der Waals surface area contributed by atoms with Crippen molar-refractivity contribution in [3.63, 3.8) is 0 Å². The lowest BCUT2D eigenvalue weighted by Gasteiger charge is -2.33. The second-order valence-corrected chi connectivity index (χ2v) is 6.84. The number of hydrogen-bond donors (Lipinski definition) is 0. The van der Waals surface area contributed by atoms with E-state index >= 15 is 0 Å². The fourth-order valence-corrected chi connectivity index (χ4v) is 3.40. The van der Waals surface area contributed by atoms with Crippen molar-refractivity contribution in [1.29, 1.82) is 0 Å². The number of carbonyl (C=O) groups is 2. The van der Waals surface area contributed by atoms with Gasteiger partial charge in [-0.25, -0.2) is 4.79 Å². The smallest absolute Gasteiger partial charge is 0.415 e. The molecule has 0 unspecified atom stereocenters. The summed E-state index contributed by atoms with van der Waals surface area (Å²) in [6.45, 7) is 5.53. The van der Waals surface area contributed by atoms with Gasteiger partial charge in [-0.1, -0.05) is 18.2 Å². The first-order chi connectivity index (χ1) is 13.5. The van der Waals surface area contributed by atoms with Crippen molar-refractivity contribution < 1.29 is 18.7 Å². The SMILES string of the molecule is Cc1c(C(=O)N2CCN(C(=O)Oc3cccnc3)CC2)oc2c(C)cccc12. The van der Waals surface area contributed by atoms with Crippen LogP contribution in [-0.4, -0.2) is 53.0 Å². The summed E-state index contributed by atoms with van der Waals surface area (Å²) in [7, 11) is 0. The number of nitrogens with zero attached hydrogens (tertiary/aromatic N) is 3. The molecule has 7 nitrogen and oxygen atoms in total. The van der Waals surface area contributed by atoms with E-state index in [0.717, 1.165) is 22.1 Å². The molecule has 3 heterocycles. The summed E-state index contributed by atoms with van der Waals surface area (Å²) in [6.07, 6.45) is 2.67. The lowest BCUT2D eigenvalue weighted by atomic mass is 10.1. The van der Waals surface area contributed by atoms with Gasteiger partial charge in [0.25, 0.3) is 5.91 Å². The van der Waals surface area contributed by atoms with E-state index in [1.54, 1.807) is 28.1 Å². The number of hydrogen-bond acceptors (Lipinski definition) is 5. The number of aromatic nitrogens is 1. The van der Waals surface area contributed by atoms with Crippen LogP contribution >= 0.6 is 0 Å². The summed E-state index contributed by atoms with van der Waals surface area (Å²) < 4.78 is 11.2. The van der Waals surface area contributed by atoms with Crippen molar-refractivity contribution in [2.45, 2.75) is 13.8 Å². The van der Waals surface area contributed by atoms with Crippen LogP contribution < -0.4 is 4.74 Å². The summed E-state index contributed by atoms with van der Waals surface area (Å²) in [4.78, 5) is 32.5. The topological polar surface area (TPSA) is 75.9 Å². The second-order valence-electron chi connectivity index (χ2n) is 6.84. The van der Waals surface area contributed by atoms with Crippen molar-refractivity contribution in [2.75, 3.05) is 26.2 Å². The third kappa shape index (κ3) is 3.31. The first-order valence-electron chi connectivity index (χ1n) is 9.19. The predicted molar refractivity (Wildman–Crippen MR) is 103 cm³/mol. The Kier molecular flexibility index (Phi) is 4.73. The molecule has 0 atom stereocenters. The van der Waals surface area contributed by atoms with Gasteiger partial charge in [0.2, 0.25) is 0 Å². The minimum absolute atomic E-state index is 0.145. The van der Waals surface area contributed by atoms with Gasteiger partial charge in [-0.3, -0.25) is 9.78 Å². The zero-order valence-corrected chi connectivity index (χ0v) is 15.8. The highest BCUT2D eigenvalue weighted by molar-refractivity contribution is 5.99. The van der Waals surface area contributed by atoms with E-state index < -0.39 is 6.09 Å². The van der Waals surface area contributed by atoms with Crippen LogP contribution in [0.3, 0.4) is 0 Å². The minimum Gasteiger partial charge on any atom is -0.450 e. The Labute approximate surface area is 162 Å². The van der Waals surface area contributed by atoms with Gasteiger partial charge in [-0.15, -0.1) is 0 Å². The zero-order valence-electron chi connectivity index (χ0n) is 15.8. The van der Waals surface area contributed by atoms with Crippen LogP contribution in [0.1, 0.15) is 21.7 Å². The Morgan fingerprint density at radius 2 is 1.79 bits per heavy atom. The Hall–Kier alpha value is -3.35. The van der Waals surface area contributed by atoms with E-state index in [2.05, 4.69) is 4.98 Å². The van der Waals surface area contributed by atoms with Gasteiger partial charge in [-0.05, 0) is 31.5 Å². The number of carbonyl (C=O) groups excluding carboxylic acids is 2. The van der Waals surface area contributed by atoms with Gasteiger partial charge < -0.3 is 19.0 Å². The standard InChI is InChI=1S/C21H21N3O4/c1-14-5-3-7-17-15(2)19(28-18(14)17)20(25)23-9-11-24(12-10-23)21(26)27-16-6-4-8-22-13-16/h3-8,13H,9-12H2,1-2H3. The van der Waals surface area contributed by atoms with Crippen LogP contribution in [0.5, 0.6) is 5.75 Å². The summed E-state index contributed by atoms with van der Waals surface area (Å²) in [5.41, 5.74) is 2.60. The largest absolute Gasteiger partial charge is 0.450 e. The molecular formula is C21H21N3O4. The van der Waals surface area contributed by atoms with E-state index in [1.165, 1.54) is 6.20 Å². The maximum atomic E-state index is 13.0. The van der Waals surface area contributed by atoms with Crippen LogP contribution in [0.25, 0.3) is 11.0 Å². The average molecular weight is 379 g/mol. The maximum absolute atomic E-state index is 13.0. The first-order valence-corrected chi connectivity index (χ1v) is 9.19. The lowest BCUT2D eigenvalue weighted by Crippen LogP contribution is -2.51. The lowest BCUT2D eigenvalue weighted by molar-refractivity contribution is 0.0605. The maximum Gasteiger partial charge on any atom is 0.415 e. The molecule has 0 radical (unpaired) electrons. The monoisotopic (exact) mass is 379 g/mol.